The topological polar surface area (TPSA) is 104 Å². The molecule has 4 aromatic rings. The van der Waals surface area contributed by atoms with E-state index in [-0.39, 0.29) is 31.1 Å². The van der Waals surface area contributed by atoms with Crippen LogP contribution in [-0.2, 0) is 18.0 Å². The summed E-state index contributed by atoms with van der Waals surface area (Å²) in [5.74, 6) is 0.606. The van der Waals surface area contributed by atoms with E-state index in [0.717, 1.165) is 54.4 Å². The lowest BCUT2D eigenvalue weighted by atomic mass is 9.85. The number of hydrogen-bond donors (Lipinski definition) is 1. The molecule has 2 atom stereocenters. The summed E-state index contributed by atoms with van der Waals surface area (Å²) in [7, 11) is 1.93. The second-order valence-corrected chi connectivity index (χ2v) is 9.08. The van der Waals surface area contributed by atoms with E-state index in [1.165, 1.54) is 0 Å². The molecule has 2 fully saturated rings. The van der Waals surface area contributed by atoms with Crippen molar-refractivity contribution in [3.63, 3.8) is 0 Å². The summed E-state index contributed by atoms with van der Waals surface area (Å²) in [5.41, 5.74) is 1.59. The second-order valence-electron chi connectivity index (χ2n) is 9.08. The van der Waals surface area contributed by atoms with Crippen LogP contribution in [0.2, 0.25) is 0 Å². The molecular formula is C22H23F3N8O2. The molecule has 0 amide bonds. The summed E-state index contributed by atoms with van der Waals surface area (Å²) in [6.07, 6.45) is 2.85. The molecule has 35 heavy (non-hydrogen) atoms. The first-order valence-corrected chi connectivity index (χ1v) is 11.5. The standard InChI is InChI=1S/C22H23F3N8O2/c1-32-11-27-16-8-33-18(6-17(16)32)30-31-19(33)12-3-2-4-13(5-12)28-21-26-7-15(22(23,24)25)20(29-21)35-14-9-34-10-14/h6-8,11-14H,2-5,9-10H2,1H3,(H,26,28,29)/t12-,13+/m0/s1. The highest BCUT2D eigenvalue weighted by atomic mass is 19.4. The van der Waals surface area contributed by atoms with Gasteiger partial charge in [0.25, 0.3) is 0 Å². The van der Waals surface area contributed by atoms with E-state index >= 15 is 0 Å². The molecule has 4 aromatic heterocycles. The van der Waals surface area contributed by atoms with Crippen molar-refractivity contribution in [3.05, 3.63) is 36.2 Å². The number of imidazole rings is 1. The molecular weight excluding hydrogens is 465 g/mol. The lowest BCUT2D eigenvalue weighted by Gasteiger charge is -2.29. The quantitative estimate of drug-likeness (QED) is 0.456. The van der Waals surface area contributed by atoms with Crippen molar-refractivity contribution in [2.75, 3.05) is 18.5 Å². The molecule has 184 valence electrons. The average Bonchev–Trinajstić information content (AvgIpc) is 3.37. The van der Waals surface area contributed by atoms with Crippen molar-refractivity contribution in [1.82, 2.24) is 34.1 Å². The molecule has 1 saturated carbocycles. The Balaban J connectivity index is 1.22. The Morgan fingerprint density at radius 3 is 2.80 bits per heavy atom. The number of pyridine rings is 1. The monoisotopic (exact) mass is 488 g/mol. The predicted molar refractivity (Wildman–Crippen MR) is 118 cm³/mol. The van der Waals surface area contributed by atoms with E-state index in [2.05, 4.69) is 30.5 Å². The van der Waals surface area contributed by atoms with Gasteiger partial charge in [0, 0.05) is 37.5 Å². The van der Waals surface area contributed by atoms with Gasteiger partial charge in [0.1, 0.15) is 23.0 Å². The first-order valence-electron chi connectivity index (χ1n) is 11.5. The van der Waals surface area contributed by atoms with Gasteiger partial charge in [-0.05, 0) is 19.3 Å². The number of nitrogens with zero attached hydrogens (tertiary/aromatic N) is 7. The summed E-state index contributed by atoms with van der Waals surface area (Å²) in [4.78, 5) is 12.4. The SMILES string of the molecule is Cn1cnc2cn3c([C@H]4CCC[C@@H](Nc5ncc(C(F)(F)F)c(OC6COC6)n5)C4)nnc3cc21. The molecule has 0 radical (unpaired) electrons. The minimum absolute atomic E-state index is 0.0312. The third kappa shape index (κ3) is 4.13. The van der Waals surface area contributed by atoms with Crippen molar-refractivity contribution in [3.8, 4) is 5.88 Å². The summed E-state index contributed by atoms with van der Waals surface area (Å²) in [6, 6.07) is 1.93. The van der Waals surface area contributed by atoms with E-state index in [9.17, 15) is 13.2 Å². The fourth-order valence-electron chi connectivity index (χ4n) is 4.70. The number of aromatic nitrogens is 7. The van der Waals surface area contributed by atoms with Crippen LogP contribution in [0.5, 0.6) is 5.88 Å². The fraction of sp³-hybridized carbons (Fsp3) is 0.500. The Kier molecular flexibility index (Phi) is 5.24. The highest BCUT2D eigenvalue weighted by molar-refractivity contribution is 5.78. The number of hydrogen-bond acceptors (Lipinski definition) is 8. The molecule has 1 saturated heterocycles. The lowest BCUT2D eigenvalue weighted by molar-refractivity contribution is -0.142. The zero-order chi connectivity index (χ0) is 24.2. The molecule has 0 bridgehead atoms. The third-order valence-electron chi connectivity index (χ3n) is 6.60. The number of halogens is 3. The summed E-state index contributed by atoms with van der Waals surface area (Å²) in [6.45, 7) is 0.483. The number of anilines is 1. The van der Waals surface area contributed by atoms with Crippen LogP contribution in [0, 0.1) is 0 Å². The number of ether oxygens (including phenoxy) is 2. The highest BCUT2D eigenvalue weighted by Gasteiger charge is 2.38. The average molecular weight is 488 g/mol. The van der Waals surface area contributed by atoms with Crippen LogP contribution in [0.4, 0.5) is 19.1 Å². The number of fused-ring (bicyclic) bond motifs is 2. The molecule has 0 spiro atoms. The van der Waals surface area contributed by atoms with Gasteiger partial charge in [0.05, 0.1) is 25.1 Å². The first kappa shape index (κ1) is 22.0. The van der Waals surface area contributed by atoms with Gasteiger partial charge in [-0.1, -0.05) is 6.42 Å². The molecule has 5 heterocycles. The molecule has 1 aliphatic carbocycles. The Hall–Kier alpha value is -3.48. The molecule has 13 heteroatoms. The van der Waals surface area contributed by atoms with Crippen molar-refractivity contribution in [1.29, 1.82) is 0 Å². The summed E-state index contributed by atoms with van der Waals surface area (Å²) in [5, 5.41) is 12.0. The van der Waals surface area contributed by atoms with Crippen molar-refractivity contribution >= 4 is 22.6 Å². The second kappa shape index (κ2) is 8.33. The van der Waals surface area contributed by atoms with Gasteiger partial charge >= 0.3 is 6.18 Å². The maximum atomic E-state index is 13.4. The van der Waals surface area contributed by atoms with E-state index in [1.54, 1.807) is 6.33 Å². The number of nitrogens with one attached hydrogen (secondary N) is 1. The molecule has 0 aromatic carbocycles. The van der Waals surface area contributed by atoms with Crippen LogP contribution in [0.15, 0.2) is 24.8 Å². The minimum Gasteiger partial charge on any atom is -0.469 e. The van der Waals surface area contributed by atoms with Crippen molar-refractivity contribution < 1.29 is 22.6 Å². The third-order valence-corrected chi connectivity index (χ3v) is 6.60. The van der Waals surface area contributed by atoms with E-state index in [1.807, 2.05) is 28.3 Å². The van der Waals surface area contributed by atoms with Gasteiger partial charge in [-0.2, -0.15) is 18.2 Å². The number of aryl methyl sites for hydroxylation is 1. The fourth-order valence-corrected chi connectivity index (χ4v) is 4.70. The van der Waals surface area contributed by atoms with Gasteiger partial charge in [0.2, 0.25) is 11.8 Å². The first-order chi connectivity index (χ1) is 16.8. The van der Waals surface area contributed by atoms with Gasteiger partial charge < -0.3 is 19.4 Å². The smallest absolute Gasteiger partial charge is 0.423 e. The number of rotatable bonds is 5. The molecule has 1 aliphatic heterocycles. The largest absolute Gasteiger partial charge is 0.469 e. The molecule has 6 rings (SSSR count). The van der Waals surface area contributed by atoms with E-state index < -0.39 is 23.7 Å². The van der Waals surface area contributed by atoms with Gasteiger partial charge in [0.15, 0.2) is 5.65 Å². The Labute approximate surface area is 197 Å². The number of alkyl halides is 3. The summed E-state index contributed by atoms with van der Waals surface area (Å²) < 4.78 is 54.6. The Morgan fingerprint density at radius 2 is 2.03 bits per heavy atom. The minimum atomic E-state index is -4.61. The maximum Gasteiger partial charge on any atom is 0.423 e. The van der Waals surface area contributed by atoms with Crippen LogP contribution in [0.1, 0.15) is 43.0 Å². The van der Waals surface area contributed by atoms with Gasteiger partial charge in [-0.15, -0.1) is 10.2 Å². The van der Waals surface area contributed by atoms with E-state index in [4.69, 9.17) is 9.47 Å². The maximum absolute atomic E-state index is 13.4. The Morgan fingerprint density at radius 1 is 1.17 bits per heavy atom. The van der Waals surface area contributed by atoms with Crippen molar-refractivity contribution in [2.24, 2.45) is 7.05 Å². The normalized spacial score (nSPS) is 21.4. The highest BCUT2D eigenvalue weighted by Crippen LogP contribution is 2.37. The predicted octanol–water partition coefficient (Wildman–Crippen LogP) is 3.34. The van der Waals surface area contributed by atoms with E-state index in [0.29, 0.717) is 0 Å². The zero-order valence-corrected chi connectivity index (χ0v) is 18.9. The van der Waals surface area contributed by atoms with Crippen LogP contribution in [0.3, 0.4) is 0 Å². The zero-order valence-electron chi connectivity index (χ0n) is 18.9. The Bertz CT molecular complexity index is 1380. The lowest BCUT2D eigenvalue weighted by Crippen LogP contribution is -2.39. The van der Waals surface area contributed by atoms with Crippen LogP contribution < -0.4 is 10.1 Å². The summed E-state index contributed by atoms with van der Waals surface area (Å²) >= 11 is 0. The van der Waals surface area contributed by atoms with Crippen LogP contribution in [0.25, 0.3) is 16.7 Å². The van der Waals surface area contributed by atoms with Crippen molar-refractivity contribution in [2.45, 2.75) is 49.9 Å². The molecule has 2 aliphatic rings. The van der Waals surface area contributed by atoms with Gasteiger partial charge in [-0.3, -0.25) is 4.40 Å². The van der Waals surface area contributed by atoms with Gasteiger partial charge in [-0.25, -0.2) is 9.97 Å². The van der Waals surface area contributed by atoms with Crippen LogP contribution >= 0.6 is 0 Å². The molecule has 1 N–H and O–H groups in total. The molecule has 10 nitrogen and oxygen atoms in total. The molecule has 0 unspecified atom stereocenters. The van der Waals surface area contributed by atoms with Crippen LogP contribution in [-0.4, -0.2) is 59.5 Å².